The molecule has 3 rings (SSSR count). The van der Waals surface area contributed by atoms with Crippen LogP contribution in [-0.4, -0.2) is 44.0 Å². The first kappa shape index (κ1) is 20.1. The Kier molecular flexibility index (Phi) is 6.14. The van der Waals surface area contributed by atoms with E-state index >= 15 is 0 Å². The minimum Gasteiger partial charge on any atom is -0.444 e. The highest BCUT2D eigenvalue weighted by Gasteiger charge is 2.32. The monoisotopic (exact) mass is 401 g/mol. The van der Waals surface area contributed by atoms with Crippen LogP contribution in [-0.2, 0) is 19.4 Å². The molecule has 0 bridgehead atoms. The van der Waals surface area contributed by atoms with Crippen LogP contribution in [0.25, 0.3) is 0 Å². The fourth-order valence-electron chi connectivity index (χ4n) is 3.22. The average molecular weight is 401 g/mol. The fourth-order valence-corrected chi connectivity index (χ4v) is 4.31. The maximum atomic E-state index is 13.0. The Morgan fingerprint density at radius 3 is 2.25 bits per heavy atom. The summed E-state index contributed by atoms with van der Waals surface area (Å²) in [4.78, 5) is 27.5. The Morgan fingerprint density at radius 1 is 1.00 bits per heavy atom. The first-order valence-corrected chi connectivity index (χ1v) is 11.0. The van der Waals surface area contributed by atoms with E-state index in [9.17, 15) is 18.0 Å². The number of ether oxygens (including phenoxy) is 1. The van der Waals surface area contributed by atoms with Crippen molar-refractivity contribution in [1.82, 2.24) is 4.90 Å². The number of likely N-dealkylation sites (tertiary alicyclic amines) is 1. The molecule has 1 fully saturated rings. The molecule has 0 N–H and O–H groups in total. The highest BCUT2D eigenvalue weighted by molar-refractivity contribution is 7.91. The van der Waals surface area contributed by atoms with E-state index in [1.54, 1.807) is 41.3 Å². The zero-order chi connectivity index (χ0) is 20.1. The van der Waals surface area contributed by atoms with Crippen molar-refractivity contribution in [2.24, 2.45) is 0 Å². The van der Waals surface area contributed by atoms with Gasteiger partial charge in [-0.25, -0.2) is 13.2 Å². The SMILES string of the molecule is CCS(=O)(=O)c1ccccc1C(=O)OC(C(=O)N1CCCC1)c1ccccc1. The van der Waals surface area contributed by atoms with Crippen molar-refractivity contribution >= 4 is 21.7 Å². The van der Waals surface area contributed by atoms with E-state index in [2.05, 4.69) is 0 Å². The summed E-state index contributed by atoms with van der Waals surface area (Å²) < 4.78 is 30.3. The predicted molar refractivity (Wildman–Crippen MR) is 105 cm³/mol. The van der Waals surface area contributed by atoms with Crippen LogP contribution in [0.15, 0.2) is 59.5 Å². The second kappa shape index (κ2) is 8.56. The maximum Gasteiger partial charge on any atom is 0.340 e. The molecule has 1 atom stereocenters. The van der Waals surface area contributed by atoms with Crippen molar-refractivity contribution < 1.29 is 22.7 Å². The number of rotatable bonds is 6. The molecule has 0 aliphatic carbocycles. The number of carbonyl (C=O) groups is 2. The second-order valence-corrected chi connectivity index (χ2v) is 8.87. The zero-order valence-corrected chi connectivity index (χ0v) is 16.5. The highest BCUT2D eigenvalue weighted by atomic mass is 32.2. The Hall–Kier alpha value is -2.67. The third kappa shape index (κ3) is 4.25. The molecule has 1 saturated heterocycles. The number of amides is 1. The van der Waals surface area contributed by atoms with Gasteiger partial charge in [0.25, 0.3) is 5.91 Å². The lowest BCUT2D eigenvalue weighted by Gasteiger charge is -2.24. The minimum atomic E-state index is -3.61. The molecule has 2 aromatic carbocycles. The molecule has 0 radical (unpaired) electrons. The van der Waals surface area contributed by atoms with Crippen LogP contribution in [0.1, 0.15) is 41.8 Å². The number of carbonyl (C=O) groups excluding carboxylic acids is 2. The molecule has 1 unspecified atom stereocenters. The summed E-state index contributed by atoms with van der Waals surface area (Å²) in [5, 5.41) is 0. The number of nitrogens with zero attached hydrogens (tertiary/aromatic N) is 1. The normalized spacial score (nSPS) is 15.2. The Labute approximate surface area is 165 Å². The van der Waals surface area contributed by atoms with Gasteiger partial charge >= 0.3 is 5.97 Å². The Bertz CT molecular complexity index is 950. The van der Waals surface area contributed by atoms with E-state index in [-0.39, 0.29) is 22.1 Å². The second-order valence-electron chi connectivity index (χ2n) is 6.63. The molecule has 1 amide bonds. The topological polar surface area (TPSA) is 80.7 Å². The van der Waals surface area contributed by atoms with Crippen LogP contribution < -0.4 is 0 Å². The third-order valence-corrected chi connectivity index (χ3v) is 6.58. The summed E-state index contributed by atoms with van der Waals surface area (Å²) >= 11 is 0. The molecule has 1 aliphatic rings. The van der Waals surface area contributed by atoms with Gasteiger partial charge in [-0.15, -0.1) is 0 Å². The van der Waals surface area contributed by atoms with Crippen molar-refractivity contribution in [2.75, 3.05) is 18.8 Å². The minimum absolute atomic E-state index is 0.0560. The van der Waals surface area contributed by atoms with E-state index in [0.29, 0.717) is 18.7 Å². The lowest BCUT2D eigenvalue weighted by Crippen LogP contribution is -2.35. The molecule has 28 heavy (non-hydrogen) atoms. The molecule has 6 nitrogen and oxygen atoms in total. The van der Waals surface area contributed by atoms with E-state index < -0.39 is 21.9 Å². The van der Waals surface area contributed by atoms with Gasteiger partial charge in [-0.1, -0.05) is 49.4 Å². The van der Waals surface area contributed by atoms with Gasteiger partial charge in [-0.3, -0.25) is 4.79 Å². The Balaban J connectivity index is 1.94. The number of hydrogen-bond acceptors (Lipinski definition) is 5. The highest BCUT2D eigenvalue weighted by Crippen LogP contribution is 2.26. The van der Waals surface area contributed by atoms with Crippen LogP contribution in [0.2, 0.25) is 0 Å². The molecule has 2 aromatic rings. The summed E-state index contributed by atoms with van der Waals surface area (Å²) in [6.07, 6.45) is 0.724. The summed E-state index contributed by atoms with van der Waals surface area (Å²) in [5.41, 5.74) is 0.503. The van der Waals surface area contributed by atoms with Crippen LogP contribution in [0.5, 0.6) is 0 Å². The molecular formula is C21H23NO5S. The molecule has 0 spiro atoms. The predicted octanol–water partition coefficient (Wildman–Crippen LogP) is 3.00. The molecule has 7 heteroatoms. The first-order valence-electron chi connectivity index (χ1n) is 9.30. The number of hydrogen-bond donors (Lipinski definition) is 0. The molecule has 0 saturated carbocycles. The summed E-state index contributed by atoms with van der Waals surface area (Å²) in [6, 6.07) is 14.7. The van der Waals surface area contributed by atoms with Crippen molar-refractivity contribution in [3.63, 3.8) is 0 Å². The zero-order valence-electron chi connectivity index (χ0n) is 15.7. The van der Waals surface area contributed by atoms with E-state index in [1.165, 1.54) is 19.1 Å². The van der Waals surface area contributed by atoms with Crippen molar-refractivity contribution in [1.29, 1.82) is 0 Å². The van der Waals surface area contributed by atoms with Crippen LogP contribution in [0.4, 0.5) is 0 Å². The van der Waals surface area contributed by atoms with Gasteiger partial charge in [0, 0.05) is 18.7 Å². The van der Waals surface area contributed by atoms with E-state index in [4.69, 9.17) is 4.74 Å². The van der Waals surface area contributed by atoms with Crippen molar-refractivity contribution in [3.8, 4) is 0 Å². The standard InChI is InChI=1S/C21H23NO5S/c1-2-28(25,26)18-13-7-6-12-17(18)21(24)27-19(16-10-4-3-5-11-16)20(23)22-14-8-9-15-22/h3-7,10-13,19H,2,8-9,14-15H2,1H3. The van der Waals surface area contributed by atoms with Crippen LogP contribution in [0, 0.1) is 0 Å². The van der Waals surface area contributed by atoms with Gasteiger partial charge < -0.3 is 9.64 Å². The number of esters is 1. The lowest BCUT2D eigenvalue weighted by molar-refractivity contribution is -0.140. The van der Waals surface area contributed by atoms with Crippen LogP contribution >= 0.6 is 0 Å². The molecule has 1 heterocycles. The van der Waals surface area contributed by atoms with Gasteiger partial charge in [0.2, 0.25) is 6.10 Å². The molecular weight excluding hydrogens is 378 g/mol. The molecule has 1 aliphatic heterocycles. The third-order valence-electron chi connectivity index (χ3n) is 4.79. The van der Waals surface area contributed by atoms with E-state index in [1.807, 2.05) is 6.07 Å². The van der Waals surface area contributed by atoms with Crippen molar-refractivity contribution in [2.45, 2.75) is 30.8 Å². The van der Waals surface area contributed by atoms with Gasteiger partial charge in [0.1, 0.15) is 0 Å². The molecule has 148 valence electrons. The smallest absolute Gasteiger partial charge is 0.340 e. The molecule has 0 aromatic heterocycles. The van der Waals surface area contributed by atoms with Gasteiger partial charge in [-0.05, 0) is 25.0 Å². The van der Waals surface area contributed by atoms with Crippen molar-refractivity contribution in [3.05, 3.63) is 65.7 Å². The fraction of sp³-hybridized carbons (Fsp3) is 0.333. The Morgan fingerprint density at radius 2 is 1.61 bits per heavy atom. The van der Waals surface area contributed by atoms with Gasteiger partial charge in [0.05, 0.1) is 16.2 Å². The van der Waals surface area contributed by atoms with Gasteiger partial charge in [0.15, 0.2) is 9.84 Å². The first-order chi connectivity index (χ1) is 13.4. The number of sulfone groups is 1. The average Bonchev–Trinajstić information content (AvgIpc) is 3.27. The summed E-state index contributed by atoms with van der Waals surface area (Å²) in [6.45, 7) is 2.77. The maximum absolute atomic E-state index is 13.0. The summed E-state index contributed by atoms with van der Waals surface area (Å²) in [5.74, 6) is -1.24. The summed E-state index contributed by atoms with van der Waals surface area (Å²) in [7, 11) is -3.61. The van der Waals surface area contributed by atoms with Crippen LogP contribution in [0.3, 0.4) is 0 Å². The van der Waals surface area contributed by atoms with E-state index in [0.717, 1.165) is 12.8 Å². The quantitative estimate of drug-likeness (QED) is 0.695. The number of benzene rings is 2. The largest absolute Gasteiger partial charge is 0.444 e. The van der Waals surface area contributed by atoms with Gasteiger partial charge in [-0.2, -0.15) is 0 Å². The lowest BCUT2D eigenvalue weighted by atomic mass is 10.1.